The number of thiocarbonyl (C=S) groups is 1. The first-order chi connectivity index (χ1) is 16.7. The van der Waals surface area contributed by atoms with Crippen LogP contribution < -0.4 is 15.1 Å². The predicted molar refractivity (Wildman–Crippen MR) is 143 cm³/mol. The molecule has 0 saturated carbocycles. The molecule has 1 unspecified atom stereocenters. The summed E-state index contributed by atoms with van der Waals surface area (Å²) in [5.74, 6) is -0.365. The van der Waals surface area contributed by atoms with Gasteiger partial charge in [0.15, 0.2) is 5.11 Å². The molecule has 3 aromatic rings. The lowest BCUT2D eigenvalue weighted by atomic mass is 10.0. The van der Waals surface area contributed by atoms with Crippen molar-refractivity contribution in [1.29, 1.82) is 0 Å². The Hall–Kier alpha value is -3.53. The Morgan fingerprint density at radius 3 is 2.46 bits per heavy atom. The Morgan fingerprint density at radius 2 is 1.77 bits per heavy atom. The molecule has 35 heavy (non-hydrogen) atoms. The van der Waals surface area contributed by atoms with E-state index in [0.29, 0.717) is 27.0 Å². The number of nitro groups is 1. The molecule has 3 aromatic carbocycles. The molecule has 1 aliphatic heterocycles. The quantitative estimate of drug-likeness (QED) is 0.290. The van der Waals surface area contributed by atoms with Gasteiger partial charge in [-0.2, -0.15) is 0 Å². The third kappa shape index (κ3) is 4.97. The SMILES string of the molecule is CN1C(=O)C(NC(=S)N(C)c2cc(Cl)ccc2[N+](=O)[O-])N=C(c2ccccc2)c2cc(Cl)ccc21. The van der Waals surface area contributed by atoms with Gasteiger partial charge in [-0.25, -0.2) is 4.99 Å². The first-order valence-electron chi connectivity index (χ1n) is 10.4. The maximum Gasteiger partial charge on any atom is 0.293 e. The number of nitrogens with zero attached hydrogens (tertiary/aromatic N) is 4. The molecule has 11 heteroatoms. The van der Waals surface area contributed by atoms with E-state index in [2.05, 4.69) is 5.32 Å². The molecule has 1 N–H and O–H groups in total. The van der Waals surface area contributed by atoms with Gasteiger partial charge >= 0.3 is 0 Å². The van der Waals surface area contributed by atoms with Crippen LogP contribution in [-0.2, 0) is 4.79 Å². The highest BCUT2D eigenvalue weighted by molar-refractivity contribution is 7.80. The summed E-state index contributed by atoms with van der Waals surface area (Å²) in [6, 6.07) is 18.8. The van der Waals surface area contributed by atoms with Crippen LogP contribution in [0.4, 0.5) is 17.1 Å². The van der Waals surface area contributed by atoms with Crippen molar-refractivity contribution in [3.05, 3.63) is 98.0 Å². The highest BCUT2D eigenvalue weighted by atomic mass is 35.5. The lowest BCUT2D eigenvalue weighted by Crippen LogP contribution is -2.49. The smallest absolute Gasteiger partial charge is 0.293 e. The van der Waals surface area contributed by atoms with Crippen LogP contribution in [0.15, 0.2) is 71.7 Å². The van der Waals surface area contributed by atoms with E-state index in [1.807, 2.05) is 30.3 Å². The van der Waals surface area contributed by atoms with Crippen molar-refractivity contribution in [3.8, 4) is 0 Å². The second kappa shape index (κ2) is 9.99. The Labute approximate surface area is 216 Å². The van der Waals surface area contributed by atoms with Crippen molar-refractivity contribution < 1.29 is 9.72 Å². The van der Waals surface area contributed by atoms with Gasteiger partial charge in [0.1, 0.15) is 5.69 Å². The molecule has 4 rings (SSSR count). The molecule has 0 saturated heterocycles. The number of carbonyl (C=O) groups is 1. The number of nitrogens with one attached hydrogen (secondary N) is 1. The summed E-state index contributed by atoms with van der Waals surface area (Å²) in [6.07, 6.45) is -1.10. The number of likely N-dealkylation sites (N-methyl/N-ethyl adjacent to an activating group) is 1. The van der Waals surface area contributed by atoms with Crippen LogP contribution in [0.3, 0.4) is 0 Å². The number of hydrogen-bond acceptors (Lipinski definition) is 5. The van der Waals surface area contributed by atoms with Crippen molar-refractivity contribution in [3.63, 3.8) is 0 Å². The summed E-state index contributed by atoms with van der Waals surface area (Å²) in [4.78, 5) is 32.0. The minimum Gasteiger partial charge on any atom is -0.333 e. The van der Waals surface area contributed by atoms with Gasteiger partial charge in [0.05, 0.1) is 16.3 Å². The zero-order valence-electron chi connectivity index (χ0n) is 18.6. The van der Waals surface area contributed by atoms with Crippen LogP contribution in [0.5, 0.6) is 0 Å². The molecule has 8 nitrogen and oxygen atoms in total. The summed E-state index contributed by atoms with van der Waals surface area (Å²) in [5.41, 5.74) is 2.66. The fourth-order valence-corrected chi connectivity index (χ4v) is 4.26. The number of carbonyl (C=O) groups excluding carboxylic acids is 1. The van der Waals surface area contributed by atoms with Gasteiger partial charge in [-0.3, -0.25) is 14.9 Å². The van der Waals surface area contributed by atoms with Gasteiger partial charge in [0, 0.05) is 41.3 Å². The summed E-state index contributed by atoms with van der Waals surface area (Å²) >= 11 is 17.9. The number of anilines is 2. The first-order valence-corrected chi connectivity index (χ1v) is 11.5. The summed E-state index contributed by atoms with van der Waals surface area (Å²) in [5, 5.41) is 15.3. The molecular weight excluding hydrogens is 509 g/mol. The number of hydrogen-bond donors (Lipinski definition) is 1. The van der Waals surface area contributed by atoms with E-state index in [-0.39, 0.29) is 22.4 Å². The van der Waals surface area contributed by atoms with Gasteiger partial charge < -0.3 is 15.1 Å². The number of fused-ring (bicyclic) bond motifs is 1. The standard InChI is InChI=1S/C24H19Cl2N5O3S/c1-29-18-10-8-15(25)12-17(18)21(14-6-4-3-5-7-14)27-22(23(29)32)28-24(35)30(2)20-13-16(26)9-11-19(20)31(33)34/h3-13,22H,1-2H3,(H,28,35). The third-order valence-corrected chi connectivity index (χ3v) is 6.37. The van der Waals surface area contributed by atoms with Crippen LogP contribution in [0.1, 0.15) is 11.1 Å². The van der Waals surface area contributed by atoms with Crippen molar-refractivity contribution in [2.45, 2.75) is 6.17 Å². The Morgan fingerprint density at radius 1 is 1.11 bits per heavy atom. The third-order valence-electron chi connectivity index (χ3n) is 5.51. The van der Waals surface area contributed by atoms with Gasteiger partial charge in [-0.15, -0.1) is 0 Å². The molecule has 1 heterocycles. The van der Waals surface area contributed by atoms with E-state index in [0.717, 1.165) is 5.56 Å². The molecule has 0 fully saturated rings. The van der Waals surface area contributed by atoms with Gasteiger partial charge in [-0.1, -0.05) is 53.5 Å². The molecule has 0 aromatic heterocycles. The minimum atomic E-state index is -1.10. The van der Waals surface area contributed by atoms with Crippen LogP contribution in [0.25, 0.3) is 0 Å². The summed E-state index contributed by atoms with van der Waals surface area (Å²) < 4.78 is 0. The Bertz CT molecular complexity index is 1370. The number of aliphatic imine (C=N–C) groups is 1. The molecule has 178 valence electrons. The number of amides is 1. The van der Waals surface area contributed by atoms with E-state index < -0.39 is 11.1 Å². The molecular formula is C24H19Cl2N5O3S. The zero-order chi connectivity index (χ0) is 25.3. The number of benzodiazepines with no additional fused rings is 1. The van der Waals surface area contributed by atoms with Crippen molar-refractivity contribution in [1.82, 2.24) is 5.32 Å². The predicted octanol–water partition coefficient (Wildman–Crippen LogP) is 5.05. The number of halogens is 2. The molecule has 0 spiro atoms. The van der Waals surface area contributed by atoms with E-state index in [4.69, 9.17) is 40.4 Å². The average molecular weight is 528 g/mol. The zero-order valence-corrected chi connectivity index (χ0v) is 20.9. The monoisotopic (exact) mass is 527 g/mol. The second-order valence-corrected chi connectivity index (χ2v) is 8.96. The normalized spacial score (nSPS) is 15.1. The van der Waals surface area contributed by atoms with Crippen molar-refractivity contribution >= 4 is 69.2 Å². The number of rotatable bonds is 4. The van der Waals surface area contributed by atoms with E-state index in [1.165, 1.54) is 28.0 Å². The lowest BCUT2D eigenvalue weighted by molar-refractivity contribution is -0.384. The highest BCUT2D eigenvalue weighted by Crippen LogP contribution is 2.32. The van der Waals surface area contributed by atoms with Crippen LogP contribution >= 0.6 is 35.4 Å². The Kier molecular flexibility index (Phi) is 7.02. The van der Waals surface area contributed by atoms with Gasteiger partial charge in [-0.05, 0) is 42.5 Å². The van der Waals surface area contributed by atoms with Crippen molar-refractivity contribution in [2.75, 3.05) is 23.9 Å². The van der Waals surface area contributed by atoms with Crippen LogP contribution in [0.2, 0.25) is 10.0 Å². The fraction of sp³-hybridized carbons (Fsp3) is 0.125. The van der Waals surface area contributed by atoms with E-state index in [1.54, 1.807) is 32.3 Å². The average Bonchev–Trinajstić information content (AvgIpc) is 2.94. The van der Waals surface area contributed by atoms with Crippen LogP contribution in [0, 0.1) is 10.1 Å². The molecule has 0 bridgehead atoms. The van der Waals surface area contributed by atoms with E-state index in [9.17, 15) is 14.9 Å². The Balaban J connectivity index is 1.75. The molecule has 1 atom stereocenters. The lowest BCUT2D eigenvalue weighted by Gasteiger charge is -2.25. The highest BCUT2D eigenvalue weighted by Gasteiger charge is 2.32. The van der Waals surface area contributed by atoms with Gasteiger partial charge in [0.25, 0.3) is 11.6 Å². The van der Waals surface area contributed by atoms with E-state index >= 15 is 0 Å². The molecule has 1 amide bonds. The minimum absolute atomic E-state index is 0.0577. The van der Waals surface area contributed by atoms with Crippen molar-refractivity contribution in [2.24, 2.45) is 4.99 Å². The maximum atomic E-state index is 13.4. The molecule has 0 aliphatic carbocycles. The number of nitro benzene ring substituents is 1. The largest absolute Gasteiger partial charge is 0.333 e. The molecule has 0 radical (unpaired) electrons. The maximum absolute atomic E-state index is 13.4. The summed E-state index contributed by atoms with van der Waals surface area (Å²) in [7, 11) is 3.19. The molecule has 1 aliphatic rings. The number of benzene rings is 3. The summed E-state index contributed by atoms with van der Waals surface area (Å²) in [6.45, 7) is 0. The fourth-order valence-electron chi connectivity index (χ4n) is 3.71. The first kappa shape index (κ1) is 24.6. The van der Waals surface area contributed by atoms with Gasteiger partial charge in [0.2, 0.25) is 6.17 Å². The second-order valence-electron chi connectivity index (χ2n) is 7.70. The van der Waals surface area contributed by atoms with Crippen LogP contribution in [-0.4, -0.2) is 41.9 Å². The topological polar surface area (TPSA) is 91.1 Å².